The van der Waals surface area contributed by atoms with Crippen LogP contribution in [-0.2, 0) is 20.5 Å². The lowest BCUT2D eigenvalue weighted by atomic mass is 10.1. The van der Waals surface area contributed by atoms with E-state index >= 15 is 0 Å². The minimum Gasteiger partial charge on any atom is -0.489 e. The predicted molar refractivity (Wildman–Crippen MR) is 85.4 cm³/mol. The highest BCUT2D eigenvalue weighted by molar-refractivity contribution is 7.99. The summed E-state index contributed by atoms with van der Waals surface area (Å²) in [6.45, 7) is -0.308. The van der Waals surface area contributed by atoms with E-state index in [0.717, 1.165) is 34.6 Å². The third-order valence-corrected chi connectivity index (χ3v) is 4.40. The minimum atomic E-state index is -4.43. The van der Waals surface area contributed by atoms with Gasteiger partial charge in [0.1, 0.15) is 5.76 Å². The van der Waals surface area contributed by atoms with Gasteiger partial charge in [0.15, 0.2) is 12.4 Å². The number of nitrogens with zero attached hydrogens (tertiary/aromatic N) is 3. The van der Waals surface area contributed by atoms with Crippen molar-refractivity contribution in [3.8, 4) is 11.4 Å². The van der Waals surface area contributed by atoms with E-state index in [0.29, 0.717) is 11.3 Å². The molecular weight excluding hydrogens is 373 g/mol. The number of Topliss-reactive ketones (excluding diaryl/α,β-unsaturated/α-hetero) is 1. The number of nitrogens with two attached hydrogens (primary N) is 1. The smallest absolute Gasteiger partial charge is 0.416 e. The van der Waals surface area contributed by atoms with E-state index in [-0.39, 0.29) is 23.3 Å². The summed E-state index contributed by atoms with van der Waals surface area (Å²) in [6, 6.07) is 4.36. The van der Waals surface area contributed by atoms with Gasteiger partial charge >= 0.3 is 6.18 Å². The molecule has 11 heteroatoms. The van der Waals surface area contributed by atoms with Crippen LogP contribution in [0.1, 0.15) is 5.56 Å². The Morgan fingerprint density at radius 3 is 2.50 bits per heavy atom. The van der Waals surface area contributed by atoms with Crippen molar-refractivity contribution in [2.45, 2.75) is 11.3 Å². The van der Waals surface area contributed by atoms with Crippen molar-refractivity contribution in [2.75, 3.05) is 18.2 Å². The zero-order chi connectivity index (χ0) is 18.9. The molecule has 7 nitrogen and oxygen atoms in total. The zero-order valence-corrected chi connectivity index (χ0v) is 13.8. The molecule has 0 spiro atoms. The number of hydrogen-bond acceptors (Lipinski definition) is 7. The van der Waals surface area contributed by atoms with Gasteiger partial charge in [-0.3, -0.25) is 9.59 Å². The molecule has 0 atom stereocenters. The number of halogens is 3. The van der Waals surface area contributed by atoms with Gasteiger partial charge in [-0.15, -0.1) is 10.2 Å². The fourth-order valence-corrected chi connectivity index (χ4v) is 2.86. The van der Waals surface area contributed by atoms with Gasteiger partial charge in [-0.1, -0.05) is 23.9 Å². The third kappa shape index (κ3) is 3.72. The Hall–Kier alpha value is -2.82. The van der Waals surface area contributed by atoms with Crippen LogP contribution in [0.4, 0.5) is 13.2 Å². The van der Waals surface area contributed by atoms with Gasteiger partial charge in [-0.25, -0.2) is 4.68 Å². The fourth-order valence-electron chi connectivity index (χ4n) is 2.10. The van der Waals surface area contributed by atoms with Crippen molar-refractivity contribution in [1.82, 2.24) is 14.9 Å². The molecule has 0 saturated heterocycles. The van der Waals surface area contributed by atoms with Gasteiger partial charge in [0.25, 0.3) is 0 Å². The average molecular weight is 384 g/mol. The summed E-state index contributed by atoms with van der Waals surface area (Å²) >= 11 is 1.11. The number of ether oxygens (including phenoxy) is 1. The van der Waals surface area contributed by atoms with Crippen LogP contribution in [-0.4, -0.2) is 38.8 Å². The van der Waals surface area contributed by atoms with Gasteiger partial charge in [0.05, 0.1) is 11.3 Å². The number of carbonyl (C=O) groups excluding carboxylic acids is 2. The molecule has 0 radical (unpaired) electrons. The number of carbonyl (C=O) groups is 2. The van der Waals surface area contributed by atoms with Gasteiger partial charge < -0.3 is 10.6 Å². The SMILES string of the molecule is Nn1c(SCC2=CC(=O)C(=O)CO2)nnc1-c1ccc(C(F)(F)F)cc1. The van der Waals surface area contributed by atoms with Crippen LogP contribution in [0.15, 0.2) is 41.3 Å². The number of benzene rings is 1. The summed E-state index contributed by atoms with van der Waals surface area (Å²) in [5, 5.41) is 8.02. The van der Waals surface area contributed by atoms with Gasteiger partial charge in [0, 0.05) is 11.6 Å². The molecule has 26 heavy (non-hydrogen) atoms. The fraction of sp³-hybridized carbons (Fsp3) is 0.200. The number of nitrogen functional groups attached to an aromatic ring is 1. The van der Waals surface area contributed by atoms with E-state index in [1.807, 2.05) is 0 Å². The highest BCUT2D eigenvalue weighted by Gasteiger charge is 2.30. The number of hydrogen-bond donors (Lipinski definition) is 1. The second-order valence-corrected chi connectivity index (χ2v) is 6.17. The van der Waals surface area contributed by atoms with E-state index in [9.17, 15) is 22.8 Å². The van der Waals surface area contributed by atoms with Crippen molar-refractivity contribution < 1.29 is 27.5 Å². The number of allylic oxidation sites excluding steroid dienone is 1. The molecule has 0 fully saturated rings. The molecule has 1 aliphatic heterocycles. The largest absolute Gasteiger partial charge is 0.489 e. The molecule has 1 aromatic heterocycles. The summed E-state index contributed by atoms with van der Waals surface area (Å²) in [7, 11) is 0. The molecule has 2 N–H and O–H groups in total. The van der Waals surface area contributed by atoms with Crippen LogP contribution in [0.25, 0.3) is 11.4 Å². The highest BCUT2D eigenvalue weighted by atomic mass is 32.2. The van der Waals surface area contributed by atoms with E-state index < -0.39 is 23.3 Å². The Bertz CT molecular complexity index is 891. The first kappa shape index (κ1) is 18.0. The molecule has 2 aromatic rings. The van der Waals surface area contributed by atoms with Crippen molar-refractivity contribution in [3.05, 3.63) is 41.7 Å². The van der Waals surface area contributed by atoms with Gasteiger partial charge in [-0.2, -0.15) is 13.2 Å². The first-order valence-corrected chi connectivity index (χ1v) is 8.15. The van der Waals surface area contributed by atoms with Crippen molar-refractivity contribution >= 4 is 23.3 Å². The molecular formula is C15H11F3N4O3S. The first-order chi connectivity index (χ1) is 12.3. The van der Waals surface area contributed by atoms with Crippen LogP contribution >= 0.6 is 11.8 Å². The van der Waals surface area contributed by atoms with Crippen molar-refractivity contribution in [1.29, 1.82) is 0 Å². The van der Waals surface area contributed by atoms with Crippen LogP contribution in [0.5, 0.6) is 0 Å². The topological polar surface area (TPSA) is 100 Å². The quantitative estimate of drug-likeness (QED) is 0.488. The van der Waals surface area contributed by atoms with E-state index in [2.05, 4.69) is 10.2 Å². The molecule has 2 heterocycles. The standard InChI is InChI=1S/C15H11F3N4O3S/c16-15(17,18)9-3-1-8(2-4-9)13-20-21-14(22(13)19)26-7-10-5-11(23)12(24)6-25-10/h1-5H,6-7,19H2. The minimum absolute atomic E-state index is 0.186. The second kappa shape index (κ2) is 6.83. The predicted octanol–water partition coefficient (Wildman–Crippen LogP) is 1.82. The second-order valence-electron chi connectivity index (χ2n) is 5.23. The molecule has 1 aliphatic rings. The molecule has 0 bridgehead atoms. The van der Waals surface area contributed by atoms with Crippen LogP contribution < -0.4 is 5.84 Å². The van der Waals surface area contributed by atoms with Crippen LogP contribution in [0.2, 0.25) is 0 Å². The summed E-state index contributed by atoms with van der Waals surface area (Å²) in [4.78, 5) is 22.4. The Balaban J connectivity index is 1.73. The Morgan fingerprint density at radius 1 is 1.19 bits per heavy atom. The lowest BCUT2D eigenvalue weighted by Crippen LogP contribution is -2.23. The maximum absolute atomic E-state index is 12.6. The highest BCUT2D eigenvalue weighted by Crippen LogP contribution is 2.31. The Labute approximate surface area is 149 Å². The lowest BCUT2D eigenvalue weighted by molar-refractivity contribution is -0.137. The number of rotatable bonds is 4. The Morgan fingerprint density at radius 2 is 1.88 bits per heavy atom. The molecule has 0 unspecified atom stereocenters. The normalized spacial score (nSPS) is 15.0. The molecule has 3 rings (SSSR count). The van der Waals surface area contributed by atoms with E-state index in [1.165, 1.54) is 12.1 Å². The van der Waals surface area contributed by atoms with E-state index in [4.69, 9.17) is 10.6 Å². The van der Waals surface area contributed by atoms with Gasteiger partial charge in [0.2, 0.25) is 16.7 Å². The molecule has 0 aliphatic carbocycles. The number of aromatic nitrogens is 3. The van der Waals surface area contributed by atoms with Crippen LogP contribution in [0.3, 0.4) is 0 Å². The maximum Gasteiger partial charge on any atom is 0.416 e. The van der Waals surface area contributed by atoms with Crippen molar-refractivity contribution in [2.24, 2.45) is 0 Å². The third-order valence-electron chi connectivity index (χ3n) is 3.43. The molecule has 136 valence electrons. The number of ketones is 2. The van der Waals surface area contributed by atoms with Gasteiger partial charge in [-0.05, 0) is 12.1 Å². The summed E-state index contributed by atoms with van der Waals surface area (Å²) in [5.74, 6) is 5.32. The van der Waals surface area contributed by atoms with E-state index in [1.54, 1.807) is 0 Å². The first-order valence-electron chi connectivity index (χ1n) is 7.17. The molecule has 0 amide bonds. The number of alkyl halides is 3. The Kier molecular flexibility index (Phi) is 4.72. The number of thioether (sulfide) groups is 1. The maximum atomic E-state index is 12.6. The monoisotopic (exact) mass is 384 g/mol. The van der Waals surface area contributed by atoms with Crippen molar-refractivity contribution in [3.63, 3.8) is 0 Å². The molecule has 0 saturated carbocycles. The zero-order valence-electron chi connectivity index (χ0n) is 13.0. The summed E-state index contributed by atoms with van der Waals surface area (Å²) in [6.07, 6.45) is -3.32. The molecule has 1 aromatic carbocycles. The average Bonchev–Trinajstić information content (AvgIpc) is 2.96. The summed E-state index contributed by atoms with van der Waals surface area (Å²) in [5.41, 5.74) is -0.409. The summed E-state index contributed by atoms with van der Waals surface area (Å²) < 4.78 is 44.1. The van der Waals surface area contributed by atoms with Crippen LogP contribution in [0, 0.1) is 0 Å². The lowest BCUT2D eigenvalue weighted by Gasteiger charge is -2.12.